The van der Waals surface area contributed by atoms with Crippen molar-refractivity contribution in [3.8, 4) is 0 Å². The summed E-state index contributed by atoms with van der Waals surface area (Å²) in [7, 11) is 1.33. The number of carbonyl (C=O) groups excluding carboxylic acids is 1. The molecular weight excluding hydrogens is 248 g/mol. The van der Waals surface area contributed by atoms with Crippen LogP contribution in [0.15, 0.2) is 0 Å². The third kappa shape index (κ3) is 2.47. The molecule has 2 rings (SSSR count). The molecule has 2 atom stereocenters. The Morgan fingerprint density at radius 2 is 2.44 bits per heavy atom. The normalized spacial score (nSPS) is 22.9. The van der Waals surface area contributed by atoms with E-state index in [0.717, 1.165) is 18.4 Å². The summed E-state index contributed by atoms with van der Waals surface area (Å²) in [5, 5.41) is 4.09. The second-order valence-corrected chi connectivity index (χ2v) is 5.34. The largest absolute Gasteiger partial charge is 0.465 e. The molecule has 2 unspecified atom stereocenters. The Bertz CT molecular complexity index is 408. The highest BCUT2D eigenvalue weighted by molar-refractivity contribution is 7.18. The molecule has 1 aromatic rings. The van der Waals surface area contributed by atoms with Gasteiger partial charge in [-0.1, -0.05) is 29.9 Å². The van der Waals surface area contributed by atoms with E-state index in [1.807, 2.05) is 0 Å². The molecule has 1 N–H and O–H groups in total. The minimum Gasteiger partial charge on any atom is -0.465 e. The van der Waals surface area contributed by atoms with E-state index < -0.39 is 5.97 Å². The Morgan fingerprint density at radius 3 is 3.00 bits per heavy atom. The van der Waals surface area contributed by atoms with Crippen molar-refractivity contribution in [3.63, 3.8) is 0 Å². The van der Waals surface area contributed by atoms with E-state index in [4.69, 9.17) is 11.6 Å². The Labute approximate surface area is 103 Å². The Hall–Kier alpha value is -0.810. The lowest BCUT2D eigenvalue weighted by molar-refractivity contribution is 0.0606. The summed E-state index contributed by atoms with van der Waals surface area (Å²) < 4.78 is 4.60. The molecule has 1 aliphatic carbocycles. The lowest BCUT2D eigenvalue weighted by atomic mass is 10.3. The zero-order chi connectivity index (χ0) is 11.7. The molecule has 0 aromatic carbocycles. The molecule has 0 aliphatic heterocycles. The number of rotatable bonds is 4. The number of nitrogens with zero attached hydrogens (tertiary/aromatic N) is 1. The van der Waals surface area contributed by atoms with E-state index in [-0.39, 0.29) is 5.15 Å². The lowest BCUT2D eigenvalue weighted by Gasteiger charge is -1.99. The van der Waals surface area contributed by atoms with Gasteiger partial charge in [-0.05, 0) is 18.3 Å². The van der Waals surface area contributed by atoms with Crippen LogP contribution in [0.5, 0.6) is 0 Å². The fourth-order valence-electron chi connectivity index (χ4n) is 1.50. The molecule has 88 valence electrons. The number of hydrogen-bond acceptors (Lipinski definition) is 5. The maximum atomic E-state index is 11.3. The average molecular weight is 261 g/mol. The first-order chi connectivity index (χ1) is 7.61. The van der Waals surface area contributed by atoms with Crippen molar-refractivity contribution in [2.45, 2.75) is 13.3 Å². The van der Waals surface area contributed by atoms with Crippen LogP contribution >= 0.6 is 22.9 Å². The summed E-state index contributed by atoms with van der Waals surface area (Å²) in [5.41, 5.74) is 0. The maximum absolute atomic E-state index is 11.3. The van der Waals surface area contributed by atoms with Crippen molar-refractivity contribution in [2.24, 2.45) is 11.8 Å². The molecule has 1 saturated carbocycles. The Morgan fingerprint density at radius 1 is 1.75 bits per heavy atom. The third-order valence-corrected chi connectivity index (χ3v) is 4.13. The SMILES string of the molecule is COC(=O)c1sc(NCC2CC2C)nc1Cl. The van der Waals surface area contributed by atoms with Crippen molar-refractivity contribution >= 4 is 34.0 Å². The first-order valence-electron chi connectivity index (χ1n) is 5.10. The minimum atomic E-state index is -0.435. The summed E-state index contributed by atoms with van der Waals surface area (Å²) in [5.74, 6) is 1.09. The zero-order valence-corrected chi connectivity index (χ0v) is 10.7. The van der Waals surface area contributed by atoms with Crippen LogP contribution < -0.4 is 5.32 Å². The van der Waals surface area contributed by atoms with Crippen molar-refractivity contribution in [1.29, 1.82) is 0 Å². The smallest absolute Gasteiger partial charge is 0.351 e. The Balaban J connectivity index is 1.97. The predicted molar refractivity (Wildman–Crippen MR) is 64.2 cm³/mol. The molecule has 0 radical (unpaired) electrons. The van der Waals surface area contributed by atoms with Gasteiger partial charge in [-0.25, -0.2) is 9.78 Å². The number of halogens is 1. The third-order valence-electron chi connectivity index (χ3n) is 2.75. The fourth-order valence-corrected chi connectivity index (χ4v) is 2.61. The van der Waals surface area contributed by atoms with Crippen LogP contribution in [-0.4, -0.2) is 24.6 Å². The first-order valence-corrected chi connectivity index (χ1v) is 6.29. The van der Waals surface area contributed by atoms with Gasteiger partial charge < -0.3 is 10.1 Å². The molecule has 16 heavy (non-hydrogen) atoms. The quantitative estimate of drug-likeness (QED) is 0.846. The average Bonchev–Trinajstić information content (AvgIpc) is 2.84. The number of thiazole rings is 1. The fraction of sp³-hybridized carbons (Fsp3) is 0.600. The van der Waals surface area contributed by atoms with Crippen LogP contribution in [0, 0.1) is 11.8 Å². The van der Waals surface area contributed by atoms with Gasteiger partial charge in [0.15, 0.2) is 15.2 Å². The van der Waals surface area contributed by atoms with Crippen molar-refractivity contribution in [2.75, 3.05) is 19.0 Å². The van der Waals surface area contributed by atoms with E-state index in [1.54, 1.807) is 0 Å². The predicted octanol–water partition coefficient (Wildman–Crippen LogP) is 2.65. The van der Waals surface area contributed by atoms with E-state index in [0.29, 0.717) is 10.0 Å². The minimum absolute atomic E-state index is 0.211. The number of aromatic nitrogens is 1. The summed E-state index contributed by atoms with van der Waals surface area (Å²) in [6.07, 6.45) is 1.26. The number of hydrogen-bond donors (Lipinski definition) is 1. The highest BCUT2D eigenvalue weighted by atomic mass is 35.5. The number of methoxy groups -OCH3 is 1. The molecule has 1 heterocycles. The number of nitrogens with one attached hydrogen (secondary N) is 1. The van der Waals surface area contributed by atoms with Gasteiger partial charge in [0.2, 0.25) is 0 Å². The van der Waals surface area contributed by atoms with E-state index in [2.05, 4.69) is 22.0 Å². The van der Waals surface area contributed by atoms with Crippen LogP contribution in [0.3, 0.4) is 0 Å². The van der Waals surface area contributed by atoms with Crippen LogP contribution in [0.2, 0.25) is 5.15 Å². The first kappa shape index (κ1) is 11.7. The number of anilines is 1. The van der Waals surface area contributed by atoms with Crippen molar-refractivity contribution < 1.29 is 9.53 Å². The van der Waals surface area contributed by atoms with Gasteiger partial charge in [-0.2, -0.15) is 0 Å². The molecular formula is C10H13ClN2O2S. The molecule has 1 aromatic heterocycles. The van der Waals surface area contributed by atoms with Crippen LogP contribution in [0.1, 0.15) is 23.0 Å². The molecule has 0 bridgehead atoms. The van der Waals surface area contributed by atoms with Gasteiger partial charge in [-0.15, -0.1) is 0 Å². The highest BCUT2D eigenvalue weighted by Crippen LogP contribution is 2.38. The van der Waals surface area contributed by atoms with Gasteiger partial charge in [0, 0.05) is 6.54 Å². The molecule has 1 fully saturated rings. The number of carbonyl (C=O) groups is 1. The number of esters is 1. The monoisotopic (exact) mass is 260 g/mol. The van der Waals surface area contributed by atoms with Crippen molar-refractivity contribution in [3.05, 3.63) is 10.0 Å². The van der Waals surface area contributed by atoms with Crippen LogP contribution in [0.25, 0.3) is 0 Å². The lowest BCUT2D eigenvalue weighted by Crippen LogP contribution is -2.03. The van der Waals surface area contributed by atoms with Gasteiger partial charge in [0.05, 0.1) is 7.11 Å². The van der Waals surface area contributed by atoms with Gasteiger partial charge >= 0.3 is 5.97 Å². The van der Waals surface area contributed by atoms with Crippen LogP contribution in [-0.2, 0) is 4.74 Å². The van der Waals surface area contributed by atoms with Crippen molar-refractivity contribution in [1.82, 2.24) is 4.98 Å². The highest BCUT2D eigenvalue weighted by Gasteiger charge is 2.32. The second kappa shape index (κ2) is 4.59. The Kier molecular flexibility index (Phi) is 3.35. The topological polar surface area (TPSA) is 51.2 Å². The van der Waals surface area contributed by atoms with E-state index in [9.17, 15) is 4.79 Å². The summed E-state index contributed by atoms with van der Waals surface area (Å²) in [6, 6.07) is 0. The van der Waals surface area contributed by atoms with E-state index in [1.165, 1.54) is 24.9 Å². The van der Waals surface area contributed by atoms with Gasteiger partial charge in [0.1, 0.15) is 0 Å². The summed E-state index contributed by atoms with van der Waals surface area (Å²) in [4.78, 5) is 15.7. The van der Waals surface area contributed by atoms with Gasteiger partial charge in [-0.3, -0.25) is 0 Å². The standard InChI is InChI=1S/C10H13ClN2O2S/c1-5-3-6(5)4-12-10-13-8(11)7(16-10)9(14)15-2/h5-6H,3-4H2,1-2H3,(H,12,13). The second-order valence-electron chi connectivity index (χ2n) is 3.98. The molecule has 0 spiro atoms. The van der Waals surface area contributed by atoms with E-state index >= 15 is 0 Å². The van der Waals surface area contributed by atoms with Crippen LogP contribution in [0.4, 0.5) is 5.13 Å². The molecule has 0 amide bonds. The zero-order valence-electron chi connectivity index (χ0n) is 9.12. The van der Waals surface area contributed by atoms with Gasteiger partial charge in [0.25, 0.3) is 0 Å². The molecule has 6 heteroatoms. The molecule has 0 saturated heterocycles. The summed E-state index contributed by atoms with van der Waals surface area (Å²) in [6.45, 7) is 3.12. The maximum Gasteiger partial charge on any atom is 0.351 e. The number of ether oxygens (including phenoxy) is 1. The molecule has 4 nitrogen and oxygen atoms in total. The molecule has 1 aliphatic rings. The summed E-state index contributed by atoms with van der Waals surface area (Å²) >= 11 is 7.07.